The van der Waals surface area contributed by atoms with Gasteiger partial charge < -0.3 is 10.0 Å². The third-order valence-corrected chi connectivity index (χ3v) is 3.74. The summed E-state index contributed by atoms with van der Waals surface area (Å²) < 4.78 is 0. The summed E-state index contributed by atoms with van der Waals surface area (Å²) in [5.74, 6) is -1.18. The second-order valence-corrected chi connectivity index (χ2v) is 5.74. The van der Waals surface area contributed by atoms with Crippen LogP contribution in [0.5, 0.6) is 0 Å². The van der Waals surface area contributed by atoms with Crippen molar-refractivity contribution in [1.29, 1.82) is 0 Å². The molecule has 0 saturated heterocycles. The highest BCUT2D eigenvalue weighted by atomic mass is 16.4. The fourth-order valence-corrected chi connectivity index (χ4v) is 2.46. The third kappa shape index (κ3) is 4.95. The van der Waals surface area contributed by atoms with Crippen LogP contribution >= 0.6 is 0 Å². The minimum atomic E-state index is -1.00. The molecule has 0 aliphatic carbocycles. The van der Waals surface area contributed by atoms with E-state index in [9.17, 15) is 9.59 Å². The zero-order chi connectivity index (χ0) is 16.8. The van der Waals surface area contributed by atoms with E-state index >= 15 is 0 Å². The second-order valence-electron chi connectivity index (χ2n) is 5.74. The monoisotopic (exact) mass is 311 g/mol. The van der Waals surface area contributed by atoms with E-state index in [-0.39, 0.29) is 18.9 Å². The Kier molecular flexibility index (Phi) is 5.52. The van der Waals surface area contributed by atoms with Gasteiger partial charge in [-0.15, -0.1) is 0 Å². The van der Waals surface area contributed by atoms with Gasteiger partial charge in [0.15, 0.2) is 0 Å². The molecule has 0 heterocycles. The van der Waals surface area contributed by atoms with Crippen molar-refractivity contribution in [2.45, 2.75) is 26.8 Å². The SMILES string of the molecule is Cc1ccc(C)c(CC(=O)N(CC(=O)O)Cc2ccccc2)c1. The van der Waals surface area contributed by atoms with E-state index in [1.165, 1.54) is 4.90 Å². The van der Waals surface area contributed by atoms with Gasteiger partial charge in [0.05, 0.1) is 6.42 Å². The number of benzene rings is 2. The number of carbonyl (C=O) groups excluding carboxylic acids is 1. The van der Waals surface area contributed by atoms with Crippen molar-refractivity contribution < 1.29 is 14.7 Å². The normalized spacial score (nSPS) is 10.3. The lowest BCUT2D eigenvalue weighted by Gasteiger charge is -2.21. The molecule has 0 radical (unpaired) electrons. The molecule has 0 aromatic heterocycles. The van der Waals surface area contributed by atoms with Gasteiger partial charge in [0.25, 0.3) is 0 Å². The number of carboxylic acids is 1. The van der Waals surface area contributed by atoms with E-state index in [1.54, 1.807) is 0 Å². The summed E-state index contributed by atoms with van der Waals surface area (Å²) in [5.41, 5.74) is 3.99. The molecule has 0 bridgehead atoms. The molecule has 0 aliphatic heterocycles. The molecule has 0 unspecified atom stereocenters. The maximum atomic E-state index is 12.6. The Bertz CT molecular complexity index is 695. The lowest BCUT2D eigenvalue weighted by molar-refractivity contribution is -0.144. The molecule has 4 nitrogen and oxygen atoms in total. The highest BCUT2D eigenvalue weighted by Crippen LogP contribution is 2.14. The zero-order valence-corrected chi connectivity index (χ0v) is 13.5. The standard InChI is InChI=1S/C19H21NO3/c1-14-8-9-15(2)17(10-14)11-18(21)20(13-19(22)23)12-16-6-4-3-5-7-16/h3-10H,11-13H2,1-2H3,(H,22,23). The van der Waals surface area contributed by atoms with Gasteiger partial charge >= 0.3 is 5.97 Å². The van der Waals surface area contributed by atoms with Crippen LogP contribution in [-0.4, -0.2) is 28.4 Å². The summed E-state index contributed by atoms with van der Waals surface area (Å²) in [5, 5.41) is 9.08. The molecule has 0 spiro atoms. The van der Waals surface area contributed by atoms with E-state index in [0.29, 0.717) is 6.54 Å². The largest absolute Gasteiger partial charge is 0.480 e. The Hall–Kier alpha value is -2.62. The molecule has 1 amide bonds. The number of carboxylic acid groups (broad SMARTS) is 1. The van der Waals surface area contributed by atoms with Crippen LogP contribution in [0.4, 0.5) is 0 Å². The smallest absolute Gasteiger partial charge is 0.323 e. The van der Waals surface area contributed by atoms with Gasteiger partial charge in [-0.05, 0) is 30.5 Å². The number of hydrogen-bond acceptors (Lipinski definition) is 2. The van der Waals surface area contributed by atoms with Crippen LogP contribution < -0.4 is 0 Å². The van der Waals surface area contributed by atoms with Gasteiger partial charge in [-0.1, -0.05) is 54.1 Å². The topological polar surface area (TPSA) is 57.6 Å². The minimum absolute atomic E-state index is 0.176. The molecule has 2 aromatic rings. The van der Waals surface area contributed by atoms with Crippen LogP contribution in [0.25, 0.3) is 0 Å². The van der Waals surface area contributed by atoms with E-state index in [1.807, 2.05) is 62.4 Å². The number of hydrogen-bond donors (Lipinski definition) is 1. The number of nitrogens with zero attached hydrogens (tertiary/aromatic N) is 1. The third-order valence-electron chi connectivity index (χ3n) is 3.74. The Balaban J connectivity index is 2.16. The molecule has 2 rings (SSSR count). The Labute approximate surface area is 136 Å². The first-order valence-corrected chi connectivity index (χ1v) is 7.55. The summed E-state index contributed by atoms with van der Waals surface area (Å²) in [6, 6.07) is 15.4. The minimum Gasteiger partial charge on any atom is -0.480 e. The summed E-state index contributed by atoms with van der Waals surface area (Å²) in [6.45, 7) is 3.95. The van der Waals surface area contributed by atoms with Gasteiger partial charge in [-0.3, -0.25) is 9.59 Å². The predicted octanol–water partition coefficient (Wildman–Crippen LogP) is 2.96. The molecule has 1 N–H and O–H groups in total. The van der Waals surface area contributed by atoms with Crippen LogP contribution in [0, 0.1) is 13.8 Å². The first-order chi connectivity index (χ1) is 11.0. The van der Waals surface area contributed by atoms with Crippen LogP contribution in [0.1, 0.15) is 22.3 Å². The Morgan fingerprint density at radius 1 is 1.04 bits per heavy atom. The van der Waals surface area contributed by atoms with Crippen molar-refractivity contribution >= 4 is 11.9 Å². The summed E-state index contributed by atoms with van der Waals surface area (Å²) in [6.07, 6.45) is 0.216. The predicted molar refractivity (Wildman–Crippen MR) is 89.1 cm³/mol. The van der Waals surface area contributed by atoms with Gasteiger partial charge in [0, 0.05) is 6.54 Å². The maximum Gasteiger partial charge on any atom is 0.323 e. The van der Waals surface area contributed by atoms with E-state index in [4.69, 9.17) is 5.11 Å². The van der Waals surface area contributed by atoms with Crippen molar-refractivity contribution in [2.24, 2.45) is 0 Å². The van der Waals surface area contributed by atoms with E-state index < -0.39 is 5.97 Å². The molecule has 4 heteroatoms. The van der Waals surface area contributed by atoms with E-state index in [0.717, 1.165) is 22.3 Å². The van der Waals surface area contributed by atoms with Gasteiger partial charge in [-0.2, -0.15) is 0 Å². The number of aliphatic carboxylic acids is 1. The quantitative estimate of drug-likeness (QED) is 0.892. The lowest BCUT2D eigenvalue weighted by atomic mass is 10.0. The van der Waals surface area contributed by atoms with Crippen LogP contribution in [0.2, 0.25) is 0 Å². The number of carbonyl (C=O) groups is 2. The fraction of sp³-hybridized carbons (Fsp3) is 0.263. The van der Waals surface area contributed by atoms with Gasteiger partial charge in [0.1, 0.15) is 6.54 Å². The summed E-state index contributed by atoms with van der Waals surface area (Å²) >= 11 is 0. The number of rotatable bonds is 6. The number of amides is 1. The average molecular weight is 311 g/mol. The first kappa shape index (κ1) is 16.7. The van der Waals surface area contributed by atoms with Crippen molar-refractivity contribution in [2.75, 3.05) is 6.54 Å². The van der Waals surface area contributed by atoms with Crippen LogP contribution in [0.3, 0.4) is 0 Å². The fourth-order valence-electron chi connectivity index (χ4n) is 2.46. The van der Waals surface area contributed by atoms with Crippen molar-refractivity contribution in [1.82, 2.24) is 4.90 Å². The molecule has 0 fully saturated rings. The average Bonchev–Trinajstić information content (AvgIpc) is 2.51. The van der Waals surface area contributed by atoms with Gasteiger partial charge in [0.2, 0.25) is 5.91 Å². The first-order valence-electron chi connectivity index (χ1n) is 7.55. The molecular weight excluding hydrogens is 290 g/mol. The zero-order valence-electron chi connectivity index (χ0n) is 13.5. The summed E-state index contributed by atoms with van der Waals surface area (Å²) in [4.78, 5) is 25.1. The highest BCUT2D eigenvalue weighted by Gasteiger charge is 2.18. The van der Waals surface area contributed by atoms with Crippen molar-refractivity contribution in [3.8, 4) is 0 Å². The number of aryl methyl sites for hydroxylation is 2. The van der Waals surface area contributed by atoms with Gasteiger partial charge in [-0.25, -0.2) is 0 Å². The Morgan fingerprint density at radius 3 is 2.39 bits per heavy atom. The lowest BCUT2D eigenvalue weighted by Crippen LogP contribution is -2.36. The Morgan fingerprint density at radius 2 is 1.74 bits per heavy atom. The van der Waals surface area contributed by atoms with Crippen molar-refractivity contribution in [3.63, 3.8) is 0 Å². The molecule has 23 heavy (non-hydrogen) atoms. The molecule has 0 saturated carbocycles. The molecule has 0 atom stereocenters. The van der Waals surface area contributed by atoms with E-state index in [2.05, 4.69) is 0 Å². The van der Waals surface area contributed by atoms with Crippen LogP contribution in [0.15, 0.2) is 48.5 Å². The molecule has 2 aromatic carbocycles. The highest BCUT2D eigenvalue weighted by molar-refractivity contribution is 5.83. The van der Waals surface area contributed by atoms with Crippen LogP contribution in [-0.2, 0) is 22.6 Å². The molecule has 120 valence electrons. The molecule has 0 aliphatic rings. The molecular formula is C19H21NO3. The summed E-state index contributed by atoms with van der Waals surface area (Å²) in [7, 11) is 0. The van der Waals surface area contributed by atoms with Crippen molar-refractivity contribution in [3.05, 3.63) is 70.8 Å². The maximum absolute atomic E-state index is 12.6. The second kappa shape index (κ2) is 7.58.